The van der Waals surface area contributed by atoms with Gasteiger partial charge in [0.15, 0.2) is 0 Å². The summed E-state index contributed by atoms with van der Waals surface area (Å²) >= 11 is 0. The Morgan fingerprint density at radius 1 is 1.30 bits per heavy atom. The molecular formula is C18H26N2O3. The number of methoxy groups -OCH3 is 1. The molecule has 1 fully saturated rings. The molecule has 0 atom stereocenters. The number of ether oxygens (including phenoxy) is 2. The molecule has 5 heteroatoms. The average Bonchev–Trinajstić information content (AvgIpc) is 3.06. The molecule has 0 aromatic heterocycles. The maximum Gasteiger partial charge on any atom is 0.251 e. The van der Waals surface area contributed by atoms with E-state index in [2.05, 4.69) is 10.2 Å². The number of likely N-dealkylation sites (tertiary alicyclic amines) is 1. The lowest BCUT2D eigenvalue weighted by Gasteiger charge is -2.31. The van der Waals surface area contributed by atoms with Gasteiger partial charge in [-0.25, -0.2) is 0 Å². The smallest absolute Gasteiger partial charge is 0.251 e. The summed E-state index contributed by atoms with van der Waals surface area (Å²) in [4.78, 5) is 14.7. The second kappa shape index (κ2) is 7.90. The van der Waals surface area contributed by atoms with Gasteiger partial charge in [0.2, 0.25) is 0 Å². The van der Waals surface area contributed by atoms with Crippen LogP contribution in [0.25, 0.3) is 0 Å². The lowest BCUT2D eigenvalue weighted by Crippen LogP contribution is -2.39. The molecule has 3 rings (SSSR count). The highest BCUT2D eigenvalue weighted by molar-refractivity contribution is 5.94. The summed E-state index contributed by atoms with van der Waals surface area (Å²) in [6, 6.07) is 5.87. The van der Waals surface area contributed by atoms with Crippen LogP contribution >= 0.6 is 0 Å². The van der Waals surface area contributed by atoms with Crippen molar-refractivity contribution in [3.8, 4) is 0 Å². The first kappa shape index (κ1) is 16.4. The van der Waals surface area contributed by atoms with Crippen molar-refractivity contribution in [1.82, 2.24) is 10.2 Å². The molecule has 0 aliphatic carbocycles. The minimum atomic E-state index is 0.0292. The van der Waals surface area contributed by atoms with Gasteiger partial charge in [-0.2, -0.15) is 0 Å². The number of nitrogens with zero attached hydrogens (tertiary/aromatic N) is 1. The van der Waals surface area contributed by atoms with Crippen molar-refractivity contribution in [2.24, 2.45) is 5.92 Å². The van der Waals surface area contributed by atoms with Gasteiger partial charge in [-0.05, 0) is 55.1 Å². The Hall–Kier alpha value is -1.43. The van der Waals surface area contributed by atoms with Crippen molar-refractivity contribution in [2.45, 2.75) is 26.1 Å². The molecule has 1 saturated heterocycles. The van der Waals surface area contributed by atoms with Crippen LogP contribution in [0.2, 0.25) is 0 Å². The molecule has 0 saturated carbocycles. The standard InChI is InChI=1S/C18H26N2O3/c1-22-9-8-20-6-4-14(5-7-20)11-19-18(21)15-2-3-16-12-23-13-17(16)10-15/h2-3,10,14H,4-9,11-13H2,1H3,(H,19,21). The fourth-order valence-electron chi connectivity index (χ4n) is 3.29. The normalized spacial score (nSPS) is 18.8. The summed E-state index contributed by atoms with van der Waals surface area (Å²) in [7, 11) is 1.74. The summed E-state index contributed by atoms with van der Waals surface area (Å²) in [5.74, 6) is 0.608. The Labute approximate surface area is 137 Å². The van der Waals surface area contributed by atoms with Gasteiger partial charge >= 0.3 is 0 Å². The van der Waals surface area contributed by atoms with Crippen LogP contribution in [0.5, 0.6) is 0 Å². The lowest BCUT2D eigenvalue weighted by atomic mass is 9.96. The van der Waals surface area contributed by atoms with E-state index in [1.165, 1.54) is 5.56 Å². The summed E-state index contributed by atoms with van der Waals surface area (Å²) in [6.07, 6.45) is 2.28. The fourth-order valence-corrected chi connectivity index (χ4v) is 3.29. The van der Waals surface area contributed by atoms with Crippen molar-refractivity contribution in [2.75, 3.05) is 39.9 Å². The van der Waals surface area contributed by atoms with Crippen LogP contribution in [0.3, 0.4) is 0 Å². The zero-order chi connectivity index (χ0) is 16.1. The third-order valence-electron chi connectivity index (χ3n) is 4.85. The number of hydrogen-bond donors (Lipinski definition) is 1. The Morgan fingerprint density at radius 3 is 2.87 bits per heavy atom. The van der Waals surface area contributed by atoms with Crippen molar-refractivity contribution < 1.29 is 14.3 Å². The van der Waals surface area contributed by atoms with Crippen LogP contribution in [0.1, 0.15) is 34.3 Å². The predicted molar refractivity (Wildman–Crippen MR) is 88.3 cm³/mol. The first-order chi connectivity index (χ1) is 11.3. The maximum atomic E-state index is 12.3. The average molecular weight is 318 g/mol. The molecule has 1 aromatic rings. The quantitative estimate of drug-likeness (QED) is 0.869. The number of hydrogen-bond acceptors (Lipinski definition) is 4. The van der Waals surface area contributed by atoms with Crippen LogP contribution in [0.15, 0.2) is 18.2 Å². The van der Waals surface area contributed by atoms with Gasteiger partial charge in [-0.1, -0.05) is 6.07 Å². The molecule has 0 unspecified atom stereocenters. The van der Waals surface area contributed by atoms with Crippen LogP contribution in [0, 0.1) is 5.92 Å². The molecule has 1 N–H and O–H groups in total. The molecule has 23 heavy (non-hydrogen) atoms. The van der Waals surface area contributed by atoms with Gasteiger partial charge in [0.05, 0.1) is 19.8 Å². The van der Waals surface area contributed by atoms with E-state index in [1.807, 2.05) is 18.2 Å². The van der Waals surface area contributed by atoms with E-state index >= 15 is 0 Å². The lowest BCUT2D eigenvalue weighted by molar-refractivity contribution is 0.0925. The van der Waals surface area contributed by atoms with Crippen molar-refractivity contribution in [3.63, 3.8) is 0 Å². The zero-order valence-corrected chi connectivity index (χ0v) is 13.8. The number of carbonyl (C=O) groups excluding carboxylic acids is 1. The third-order valence-corrected chi connectivity index (χ3v) is 4.85. The van der Waals surface area contributed by atoms with E-state index in [-0.39, 0.29) is 5.91 Å². The molecule has 1 amide bonds. The highest BCUT2D eigenvalue weighted by Gasteiger charge is 2.20. The van der Waals surface area contributed by atoms with Gasteiger partial charge in [0.1, 0.15) is 0 Å². The second-order valence-corrected chi connectivity index (χ2v) is 6.46. The van der Waals surface area contributed by atoms with Gasteiger partial charge in [0, 0.05) is 25.8 Å². The highest BCUT2D eigenvalue weighted by atomic mass is 16.5. The van der Waals surface area contributed by atoms with E-state index in [0.29, 0.717) is 19.1 Å². The Morgan fingerprint density at radius 2 is 2.09 bits per heavy atom. The first-order valence-corrected chi connectivity index (χ1v) is 8.45. The molecule has 0 bridgehead atoms. The minimum absolute atomic E-state index is 0.0292. The monoisotopic (exact) mass is 318 g/mol. The van der Waals surface area contributed by atoms with Crippen molar-refractivity contribution in [1.29, 1.82) is 0 Å². The molecule has 2 aliphatic rings. The van der Waals surface area contributed by atoms with Gasteiger partial charge in [-0.3, -0.25) is 4.79 Å². The maximum absolute atomic E-state index is 12.3. The van der Waals surface area contributed by atoms with Crippen LogP contribution in [-0.4, -0.2) is 50.7 Å². The first-order valence-electron chi connectivity index (χ1n) is 8.45. The van der Waals surface area contributed by atoms with Crippen molar-refractivity contribution >= 4 is 5.91 Å². The Kier molecular flexibility index (Phi) is 5.65. The van der Waals surface area contributed by atoms with Crippen LogP contribution < -0.4 is 5.32 Å². The topological polar surface area (TPSA) is 50.8 Å². The van der Waals surface area contributed by atoms with Crippen LogP contribution in [-0.2, 0) is 22.7 Å². The van der Waals surface area contributed by atoms with E-state index in [9.17, 15) is 4.79 Å². The largest absolute Gasteiger partial charge is 0.383 e. The summed E-state index contributed by atoms with van der Waals surface area (Å²) in [5, 5.41) is 3.09. The molecule has 126 valence electrons. The van der Waals surface area contributed by atoms with Crippen molar-refractivity contribution in [3.05, 3.63) is 34.9 Å². The molecule has 0 radical (unpaired) electrons. The summed E-state index contributed by atoms with van der Waals surface area (Å²) in [6.45, 7) is 6.05. The number of piperidine rings is 1. The van der Waals surface area contributed by atoms with Crippen LogP contribution in [0.4, 0.5) is 0 Å². The van der Waals surface area contributed by atoms with Gasteiger partial charge in [0.25, 0.3) is 5.91 Å². The third kappa shape index (κ3) is 4.31. The fraction of sp³-hybridized carbons (Fsp3) is 0.611. The Bertz CT molecular complexity index is 539. The van der Waals surface area contributed by atoms with E-state index in [4.69, 9.17) is 9.47 Å². The number of carbonyl (C=O) groups is 1. The second-order valence-electron chi connectivity index (χ2n) is 6.46. The number of rotatable bonds is 6. The molecule has 5 nitrogen and oxygen atoms in total. The number of benzene rings is 1. The molecule has 0 spiro atoms. The van der Waals surface area contributed by atoms with Gasteiger partial charge in [-0.15, -0.1) is 0 Å². The Balaban J connectivity index is 1.43. The minimum Gasteiger partial charge on any atom is -0.383 e. The zero-order valence-electron chi connectivity index (χ0n) is 13.8. The molecule has 2 heterocycles. The number of nitrogens with one attached hydrogen (secondary N) is 1. The predicted octanol–water partition coefficient (Wildman–Crippen LogP) is 1.80. The highest BCUT2D eigenvalue weighted by Crippen LogP contribution is 2.21. The molecule has 2 aliphatic heterocycles. The van der Waals surface area contributed by atoms with E-state index in [1.54, 1.807) is 7.11 Å². The van der Waals surface area contributed by atoms with Gasteiger partial charge < -0.3 is 19.7 Å². The molecular weight excluding hydrogens is 292 g/mol. The molecule has 1 aromatic carbocycles. The summed E-state index contributed by atoms with van der Waals surface area (Å²) < 4.78 is 10.5. The number of fused-ring (bicyclic) bond motifs is 1. The summed E-state index contributed by atoms with van der Waals surface area (Å²) in [5.41, 5.74) is 3.08. The van der Waals surface area contributed by atoms with E-state index in [0.717, 1.165) is 56.8 Å². The SMILES string of the molecule is COCCN1CCC(CNC(=O)c2ccc3c(c2)COC3)CC1. The number of amides is 1. The van der Waals surface area contributed by atoms with E-state index < -0.39 is 0 Å².